The van der Waals surface area contributed by atoms with Crippen molar-refractivity contribution in [2.24, 2.45) is 0 Å². The van der Waals surface area contributed by atoms with E-state index in [1.54, 1.807) is 0 Å². The van der Waals surface area contributed by atoms with E-state index in [0.717, 1.165) is 0 Å². The molecular weight excluding hydrogens is 649 g/mol. The first-order valence-corrected chi connectivity index (χ1v) is 18.8. The lowest BCUT2D eigenvalue weighted by Crippen LogP contribution is -1.93. The second-order valence-electron chi connectivity index (χ2n) is 14.4. The number of hydrogen-bond donors (Lipinski definition) is 0. The Morgan fingerprint density at radius 2 is 0.648 bits per heavy atom. The minimum absolute atomic E-state index is 1.21. The minimum Gasteiger partial charge on any atom is -0.0616 e. The van der Waals surface area contributed by atoms with Crippen molar-refractivity contribution < 1.29 is 0 Å². The van der Waals surface area contributed by atoms with Gasteiger partial charge in [-0.05, 0) is 127 Å². The first-order chi connectivity index (χ1) is 26.8. The van der Waals surface area contributed by atoms with Gasteiger partial charge in [0.1, 0.15) is 0 Å². The number of hydrogen-bond acceptors (Lipinski definition) is 0. The van der Waals surface area contributed by atoms with Crippen LogP contribution >= 0.6 is 0 Å². The first kappa shape index (κ1) is 30.6. The van der Waals surface area contributed by atoms with Gasteiger partial charge in [0.05, 0.1) is 0 Å². The lowest BCUT2D eigenvalue weighted by molar-refractivity contribution is 1.63. The van der Waals surface area contributed by atoms with Gasteiger partial charge in [-0.15, -0.1) is 0 Å². The van der Waals surface area contributed by atoms with Crippen molar-refractivity contribution in [3.63, 3.8) is 0 Å². The molecule has 0 saturated carbocycles. The SMILES string of the molecule is c1cc(-c2cccc3ccccc23)cc(-c2c3ccccc3c(-c3cc4ccccc4c4ccccc34)c3ccc(-c4cccc5ccccc45)cc23)c1. The van der Waals surface area contributed by atoms with Crippen LogP contribution in [0.25, 0.3) is 109 Å². The van der Waals surface area contributed by atoms with E-state index >= 15 is 0 Å². The van der Waals surface area contributed by atoms with Gasteiger partial charge in [-0.25, -0.2) is 0 Å². The predicted molar refractivity (Wildman–Crippen MR) is 233 cm³/mol. The maximum atomic E-state index is 2.45. The molecule has 11 aromatic carbocycles. The van der Waals surface area contributed by atoms with Gasteiger partial charge >= 0.3 is 0 Å². The van der Waals surface area contributed by atoms with Crippen LogP contribution in [0.4, 0.5) is 0 Å². The second kappa shape index (κ2) is 12.3. The van der Waals surface area contributed by atoms with Crippen LogP contribution in [-0.2, 0) is 0 Å². The van der Waals surface area contributed by atoms with E-state index in [0.29, 0.717) is 0 Å². The first-order valence-electron chi connectivity index (χ1n) is 18.8. The van der Waals surface area contributed by atoms with Crippen LogP contribution in [-0.4, -0.2) is 0 Å². The summed E-state index contributed by atoms with van der Waals surface area (Å²) in [6.07, 6.45) is 0. The molecule has 0 amide bonds. The summed E-state index contributed by atoms with van der Waals surface area (Å²) in [5, 5.41) is 15.1. The zero-order valence-corrected chi connectivity index (χ0v) is 29.6. The van der Waals surface area contributed by atoms with Crippen molar-refractivity contribution in [1.29, 1.82) is 0 Å². The Morgan fingerprint density at radius 3 is 1.33 bits per heavy atom. The molecule has 0 saturated heterocycles. The summed E-state index contributed by atoms with van der Waals surface area (Å²) < 4.78 is 0. The lowest BCUT2D eigenvalue weighted by atomic mass is 9.82. The lowest BCUT2D eigenvalue weighted by Gasteiger charge is -2.21. The Balaban J connectivity index is 1.27. The average Bonchev–Trinajstić information content (AvgIpc) is 3.24. The third-order valence-corrected chi connectivity index (χ3v) is 11.4. The van der Waals surface area contributed by atoms with Crippen LogP contribution in [0, 0.1) is 0 Å². The Bertz CT molecular complexity index is 3260. The Hall–Kier alpha value is -7.02. The molecular formula is C54H34. The van der Waals surface area contributed by atoms with Crippen LogP contribution in [0.1, 0.15) is 0 Å². The van der Waals surface area contributed by atoms with Crippen LogP contribution < -0.4 is 0 Å². The molecule has 0 bridgehead atoms. The van der Waals surface area contributed by atoms with Crippen molar-refractivity contribution >= 4 is 64.6 Å². The summed E-state index contributed by atoms with van der Waals surface area (Å²) in [5.74, 6) is 0. The van der Waals surface area contributed by atoms with E-state index in [1.807, 2.05) is 0 Å². The third kappa shape index (κ3) is 4.78. The smallest absolute Gasteiger partial charge is 0.00199 e. The molecule has 0 atom stereocenters. The molecule has 0 aromatic heterocycles. The van der Waals surface area contributed by atoms with Crippen LogP contribution in [0.2, 0.25) is 0 Å². The van der Waals surface area contributed by atoms with Crippen molar-refractivity contribution in [3.05, 3.63) is 206 Å². The summed E-state index contributed by atoms with van der Waals surface area (Å²) in [4.78, 5) is 0. The highest BCUT2D eigenvalue weighted by molar-refractivity contribution is 6.26. The van der Waals surface area contributed by atoms with E-state index in [1.165, 1.54) is 109 Å². The molecule has 0 unspecified atom stereocenters. The average molecular weight is 683 g/mol. The standard InChI is InChI=1S/C54H34/c1-4-21-41-35(14-1)17-12-28-43(41)37-19-11-20-40(32-37)53-48-26-9-10-27-49(48)54(51-33-38-16-3-6-23-45(38)46-24-7-8-25-47(46)51)50-31-30-39(34-52(50)53)44-29-13-18-36-15-2-5-22-42(36)44/h1-34H. The maximum absolute atomic E-state index is 2.45. The van der Waals surface area contributed by atoms with Gasteiger partial charge in [0.2, 0.25) is 0 Å². The molecule has 54 heavy (non-hydrogen) atoms. The Kier molecular flexibility index (Phi) is 6.97. The van der Waals surface area contributed by atoms with E-state index in [4.69, 9.17) is 0 Å². The number of fused-ring (bicyclic) bond motifs is 7. The molecule has 0 spiro atoms. The highest BCUT2D eigenvalue weighted by Crippen LogP contribution is 2.48. The highest BCUT2D eigenvalue weighted by atomic mass is 14.2. The zero-order chi connectivity index (χ0) is 35.6. The summed E-state index contributed by atoms with van der Waals surface area (Å²) in [6, 6.07) is 76.2. The fraction of sp³-hybridized carbons (Fsp3) is 0. The monoisotopic (exact) mass is 682 g/mol. The van der Waals surface area contributed by atoms with E-state index in [2.05, 4.69) is 206 Å². The summed E-state index contributed by atoms with van der Waals surface area (Å²) >= 11 is 0. The maximum Gasteiger partial charge on any atom is -0.00199 e. The Labute approximate surface area is 314 Å². The van der Waals surface area contributed by atoms with Crippen LogP contribution in [0.5, 0.6) is 0 Å². The molecule has 0 aliphatic rings. The summed E-state index contributed by atoms with van der Waals surface area (Å²) in [7, 11) is 0. The zero-order valence-electron chi connectivity index (χ0n) is 29.6. The van der Waals surface area contributed by atoms with Crippen molar-refractivity contribution in [3.8, 4) is 44.5 Å². The van der Waals surface area contributed by atoms with Gasteiger partial charge in [-0.1, -0.05) is 188 Å². The third-order valence-electron chi connectivity index (χ3n) is 11.4. The van der Waals surface area contributed by atoms with Gasteiger partial charge in [-0.2, -0.15) is 0 Å². The Morgan fingerprint density at radius 1 is 0.185 bits per heavy atom. The highest BCUT2D eigenvalue weighted by Gasteiger charge is 2.20. The molecule has 11 rings (SSSR count). The van der Waals surface area contributed by atoms with Crippen LogP contribution in [0.3, 0.4) is 0 Å². The normalized spacial score (nSPS) is 11.7. The number of benzene rings is 11. The summed E-state index contributed by atoms with van der Waals surface area (Å²) in [5.41, 5.74) is 9.95. The van der Waals surface area contributed by atoms with Gasteiger partial charge in [0.25, 0.3) is 0 Å². The van der Waals surface area contributed by atoms with Crippen molar-refractivity contribution in [2.75, 3.05) is 0 Å². The largest absolute Gasteiger partial charge is 0.0616 e. The minimum atomic E-state index is 1.21. The summed E-state index contributed by atoms with van der Waals surface area (Å²) in [6.45, 7) is 0. The van der Waals surface area contributed by atoms with Gasteiger partial charge in [0, 0.05) is 0 Å². The molecule has 0 radical (unpaired) electrons. The fourth-order valence-electron chi connectivity index (χ4n) is 9.00. The number of rotatable bonds is 4. The molecule has 0 nitrogen and oxygen atoms in total. The van der Waals surface area contributed by atoms with E-state index in [9.17, 15) is 0 Å². The molecule has 0 aliphatic heterocycles. The molecule has 0 heterocycles. The van der Waals surface area contributed by atoms with Crippen molar-refractivity contribution in [2.45, 2.75) is 0 Å². The van der Waals surface area contributed by atoms with Gasteiger partial charge in [-0.3, -0.25) is 0 Å². The van der Waals surface area contributed by atoms with Gasteiger partial charge in [0.15, 0.2) is 0 Å². The predicted octanol–water partition coefficient (Wildman–Crippen LogP) is 15.3. The molecule has 0 fully saturated rings. The van der Waals surface area contributed by atoms with Crippen LogP contribution in [0.15, 0.2) is 206 Å². The molecule has 250 valence electrons. The molecule has 0 aliphatic carbocycles. The quantitative estimate of drug-likeness (QED) is 0.128. The molecule has 11 aromatic rings. The topological polar surface area (TPSA) is 0 Å². The van der Waals surface area contributed by atoms with Gasteiger partial charge < -0.3 is 0 Å². The van der Waals surface area contributed by atoms with Crippen molar-refractivity contribution in [1.82, 2.24) is 0 Å². The molecule has 0 heteroatoms. The van der Waals surface area contributed by atoms with E-state index < -0.39 is 0 Å². The fourth-order valence-corrected chi connectivity index (χ4v) is 9.00. The molecule has 0 N–H and O–H groups in total. The van der Waals surface area contributed by atoms with E-state index in [-0.39, 0.29) is 0 Å². The second-order valence-corrected chi connectivity index (χ2v) is 14.4.